The van der Waals surface area contributed by atoms with E-state index in [1.165, 1.54) is 16.7 Å². The number of thiophene rings is 1. The Kier molecular flexibility index (Phi) is 8.35. The summed E-state index contributed by atoms with van der Waals surface area (Å²) in [6.45, 7) is 2.56. The molecule has 2 unspecified atom stereocenters. The number of hydrogen-bond acceptors (Lipinski definition) is 5. The summed E-state index contributed by atoms with van der Waals surface area (Å²) < 4.78 is 5.64. The summed E-state index contributed by atoms with van der Waals surface area (Å²) in [5.74, 6) is 1.12. The Labute approximate surface area is 232 Å². The molecule has 1 aliphatic rings. The third kappa shape index (κ3) is 6.29. The fourth-order valence-corrected chi connectivity index (χ4v) is 6.70. The highest BCUT2D eigenvalue weighted by atomic mass is 35.5. The summed E-state index contributed by atoms with van der Waals surface area (Å²) >= 11 is 9.47. The lowest BCUT2D eigenvalue weighted by Gasteiger charge is -2.30. The smallest absolute Gasteiger partial charge is 0.228 e. The number of hydrogen-bond donors (Lipinski definition) is 1. The number of benzene rings is 2. The Balaban J connectivity index is 1.41. The summed E-state index contributed by atoms with van der Waals surface area (Å²) in [6, 6.07) is 16.7. The highest BCUT2D eigenvalue weighted by Gasteiger charge is 2.25. The van der Waals surface area contributed by atoms with Gasteiger partial charge in [0.1, 0.15) is 5.82 Å². The number of halogens is 1. The largest absolute Gasteiger partial charge is 0.337 e. The van der Waals surface area contributed by atoms with E-state index in [1.54, 1.807) is 29.5 Å². The van der Waals surface area contributed by atoms with Crippen molar-refractivity contribution in [2.75, 3.05) is 4.90 Å². The molecule has 2 heterocycles. The van der Waals surface area contributed by atoms with E-state index in [9.17, 15) is 4.79 Å². The van der Waals surface area contributed by atoms with Crippen LogP contribution in [0.3, 0.4) is 0 Å². The Bertz CT molecular complexity index is 1350. The average Bonchev–Trinajstić information content (AvgIpc) is 3.58. The van der Waals surface area contributed by atoms with Crippen LogP contribution < -0.4 is 9.62 Å². The molecule has 1 aliphatic carbocycles. The molecule has 0 bridgehead atoms. The maximum absolute atomic E-state index is 13.7. The molecule has 1 N–H and O–H groups in total. The molecule has 5 nitrogen and oxygen atoms in total. The van der Waals surface area contributed by atoms with Gasteiger partial charge in [0, 0.05) is 47.5 Å². The van der Waals surface area contributed by atoms with E-state index < -0.39 is 0 Å². The zero-order valence-electron chi connectivity index (χ0n) is 21.1. The third-order valence-corrected chi connectivity index (χ3v) is 8.81. The van der Waals surface area contributed by atoms with Crippen LogP contribution in [0.25, 0.3) is 0 Å². The maximum Gasteiger partial charge on any atom is 0.228 e. The van der Waals surface area contributed by atoms with Gasteiger partial charge in [-0.1, -0.05) is 30.7 Å². The van der Waals surface area contributed by atoms with E-state index >= 15 is 0 Å². The molecule has 4 aromatic rings. The Hall–Kier alpha value is -2.58. The second-order valence-electron chi connectivity index (χ2n) is 9.60. The minimum atomic E-state index is 0.107. The molecule has 0 radical (unpaired) electrons. The lowest BCUT2D eigenvalue weighted by molar-refractivity contribution is -0.119. The van der Waals surface area contributed by atoms with Crippen LogP contribution in [-0.2, 0) is 24.8 Å². The number of aromatic nitrogens is 2. The number of carbonyl (C=O) groups excluding carboxylic acids is 1. The zero-order valence-corrected chi connectivity index (χ0v) is 23.5. The van der Waals surface area contributed by atoms with E-state index in [0.29, 0.717) is 13.0 Å². The molecule has 37 heavy (non-hydrogen) atoms. The van der Waals surface area contributed by atoms with Gasteiger partial charge in [-0.3, -0.25) is 9.52 Å². The first-order valence-corrected chi connectivity index (χ1v) is 14.7. The highest BCUT2D eigenvalue weighted by Crippen LogP contribution is 2.36. The van der Waals surface area contributed by atoms with Crippen LogP contribution in [-0.4, -0.2) is 15.5 Å². The number of fused-ring (bicyclic) bond motifs is 1. The van der Waals surface area contributed by atoms with Gasteiger partial charge in [0.05, 0.1) is 6.54 Å². The number of rotatable bonds is 9. The number of imidazole rings is 1. The lowest BCUT2D eigenvalue weighted by Crippen LogP contribution is -2.32. The quantitative estimate of drug-likeness (QED) is 0.219. The van der Waals surface area contributed by atoms with Crippen LogP contribution >= 0.6 is 34.9 Å². The minimum Gasteiger partial charge on any atom is -0.337 e. The standard InChI is InChI=1S/C29H31ClN4OS2/c1-20(22-11-14-36-19-22)15-29(35)34(18-28-31-12-13-33(28)2)24-10-9-21-5-3-8-27(26(21)17-24)32-37-25-7-4-6-23(30)16-25/h4,6-7,9-14,16-17,19-20,27,32H,3,5,8,15,18H2,1-2H3. The fraction of sp³-hybridized carbons (Fsp3) is 0.310. The number of nitrogens with zero attached hydrogens (tertiary/aromatic N) is 3. The average molecular weight is 551 g/mol. The molecule has 0 aliphatic heterocycles. The van der Waals surface area contributed by atoms with Crippen molar-refractivity contribution < 1.29 is 4.79 Å². The molecule has 192 valence electrons. The Morgan fingerprint density at radius 1 is 1.30 bits per heavy atom. The van der Waals surface area contributed by atoms with E-state index in [1.807, 2.05) is 40.9 Å². The summed E-state index contributed by atoms with van der Waals surface area (Å²) in [4.78, 5) is 21.2. The van der Waals surface area contributed by atoms with Crippen LogP contribution in [0.5, 0.6) is 0 Å². The van der Waals surface area contributed by atoms with Crippen LogP contribution in [0.2, 0.25) is 5.02 Å². The van der Waals surface area contributed by atoms with Crippen molar-refractivity contribution in [2.45, 2.75) is 56.0 Å². The van der Waals surface area contributed by atoms with Gasteiger partial charge in [0.15, 0.2) is 0 Å². The molecular formula is C29H31ClN4OS2. The molecule has 1 amide bonds. The van der Waals surface area contributed by atoms with Gasteiger partial charge >= 0.3 is 0 Å². The molecule has 0 saturated carbocycles. The summed E-state index contributed by atoms with van der Waals surface area (Å²) in [5, 5.41) is 4.94. The summed E-state index contributed by atoms with van der Waals surface area (Å²) in [5.41, 5.74) is 4.74. The molecule has 0 spiro atoms. The van der Waals surface area contributed by atoms with Crippen molar-refractivity contribution in [2.24, 2.45) is 7.05 Å². The van der Waals surface area contributed by atoms with Crippen molar-refractivity contribution in [1.29, 1.82) is 0 Å². The Morgan fingerprint density at radius 3 is 2.95 bits per heavy atom. The first-order chi connectivity index (χ1) is 18.0. The van der Waals surface area contributed by atoms with Gasteiger partial charge in [-0.05, 0) is 101 Å². The number of amides is 1. The second-order valence-corrected chi connectivity index (χ2v) is 11.7. The third-order valence-electron chi connectivity index (χ3n) is 6.99. The van der Waals surface area contributed by atoms with E-state index in [-0.39, 0.29) is 17.9 Å². The first kappa shape index (κ1) is 26.0. The highest BCUT2D eigenvalue weighted by molar-refractivity contribution is 7.97. The van der Waals surface area contributed by atoms with Crippen LogP contribution in [0.4, 0.5) is 5.69 Å². The summed E-state index contributed by atoms with van der Waals surface area (Å²) in [6.07, 6.45) is 7.39. The lowest BCUT2D eigenvalue weighted by atomic mass is 9.87. The number of nitrogens with one attached hydrogen (secondary N) is 1. The minimum absolute atomic E-state index is 0.107. The number of anilines is 1. The molecule has 8 heteroatoms. The normalized spacial score (nSPS) is 15.8. The maximum atomic E-state index is 13.7. The SMILES string of the molecule is CC(CC(=O)N(Cc1nccn1C)c1ccc2c(c1)C(NSc1cccc(Cl)c1)CCC2)c1ccsc1. The van der Waals surface area contributed by atoms with Gasteiger partial charge in [-0.15, -0.1) is 0 Å². The van der Waals surface area contributed by atoms with Crippen LogP contribution in [0.15, 0.2) is 76.6 Å². The van der Waals surface area contributed by atoms with Gasteiger partial charge in [0.25, 0.3) is 0 Å². The second kappa shape index (κ2) is 11.9. The predicted molar refractivity (Wildman–Crippen MR) is 154 cm³/mol. The van der Waals surface area contributed by atoms with Crippen molar-refractivity contribution in [3.8, 4) is 0 Å². The Morgan fingerprint density at radius 2 is 2.19 bits per heavy atom. The van der Waals surface area contributed by atoms with E-state index in [0.717, 1.165) is 40.7 Å². The van der Waals surface area contributed by atoms with Crippen molar-refractivity contribution in [1.82, 2.24) is 14.3 Å². The van der Waals surface area contributed by atoms with Gasteiger partial charge in [0.2, 0.25) is 5.91 Å². The zero-order chi connectivity index (χ0) is 25.8. The van der Waals surface area contributed by atoms with Crippen molar-refractivity contribution in [3.05, 3.63) is 99.2 Å². The first-order valence-electron chi connectivity index (χ1n) is 12.6. The molecule has 2 atom stereocenters. The van der Waals surface area contributed by atoms with Gasteiger partial charge in [-0.25, -0.2) is 4.98 Å². The summed E-state index contributed by atoms with van der Waals surface area (Å²) in [7, 11) is 1.97. The molecular weight excluding hydrogens is 520 g/mol. The van der Waals surface area contributed by atoms with E-state index in [4.69, 9.17) is 11.6 Å². The molecule has 0 fully saturated rings. The van der Waals surface area contributed by atoms with Gasteiger partial charge < -0.3 is 9.47 Å². The molecule has 0 saturated heterocycles. The number of carbonyl (C=O) groups is 1. The fourth-order valence-electron chi connectivity index (χ4n) is 4.81. The molecule has 5 rings (SSSR count). The van der Waals surface area contributed by atoms with Crippen LogP contribution in [0.1, 0.15) is 60.7 Å². The molecule has 2 aromatic heterocycles. The predicted octanol–water partition coefficient (Wildman–Crippen LogP) is 7.54. The van der Waals surface area contributed by atoms with E-state index in [2.05, 4.69) is 57.7 Å². The topological polar surface area (TPSA) is 50.2 Å². The van der Waals surface area contributed by atoms with Crippen molar-refractivity contribution >= 4 is 46.5 Å². The monoisotopic (exact) mass is 550 g/mol. The van der Waals surface area contributed by atoms with Gasteiger partial charge in [-0.2, -0.15) is 11.3 Å². The number of aryl methyl sites for hydroxylation is 2. The molecule has 2 aromatic carbocycles. The van der Waals surface area contributed by atoms with Crippen LogP contribution in [0, 0.1) is 0 Å². The van der Waals surface area contributed by atoms with Crippen molar-refractivity contribution in [3.63, 3.8) is 0 Å².